The van der Waals surface area contributed by atoms with Gasteiger partial charge in [-0.1, -0.05) is 18.2 Å². The first-order valence-electron chi connectivity index (χ1n) is 5.87. The lowest BCUT2D eigenvalue weighted by Crippen LogP contribution is -2.18. The van der Waals surface area contributed by atoms with Crippen molar-refractivity contribution < 1.29 is 8.42 Å². The van der Waals surface area contributed by atoms with Crippen LogP contribution in [-0.2, 0) is 9.84 Å². The molecule has 3 rings (SSSR count). The summed E-state index contributed by atoms with van der Waals surface area (Å²) >= 11 is 0. The lowest BCUT2D eigenvalue weighted by molar-refractivity contribution is 0.605. The van der Waals surface area contributed by atoms with E-state index in [1.54, 1.807) is 0 Å². The van der Waals surface area contributed by atoms with Gasteiger partial charge in [0.25, 0.3) is 0 Å². The van der Waals surface area contributed by atoms with Crippen molar-refractivity contribution in [2.45, 2.75) is 30.7 Å². The molecule has 0 saturated heterocycles. The molecule has 3 nitrogen and oxygen atoms in total. The molecule has 90 valence electrons. The highest BCUT2D eigenvalue weighted by atomic mass is 32.2. The minimum Gasteiger partial charge on any atom is -0.310 e. The summed E-state index contributed by atoms with van der Waals surface area (Å²) in [6.07, 6.45) is 2.42. The molecule has 0 aromatic heterocycles. The van der Waals surface area contributed by atoms with Crippen molar-refractivity contribution in [3.63, 3.8) is 0 Å². The molecule has 4 heteroatoms. The van der Waals surface area contributed by atoms with Gasteiger partial charge in [0.2, 0.25) is 9.84 Å². The Labute approximate surface area is 101 Å². The molecule has 2 aliphatic rings. The van der Waals surface area contributed by atoms with E-state index >= 15 is 0 Å². The van der Waals surface area contributed by atoms with Crippen LogP contribution in [0.4, 0.5) is 0 Å². The third-order valence-corrected chi connectivity index (χ3v) is 5.00. The van der Waals surface area contributed by atoms with Crippen LogP contribution in [0.25, 0.3) is 5.57 Å². The van der Waals surface area contributed by atoms with Gasteiger partial charge in [0.1, 0.15) is 0 Å². The van der Waals surface area contributed by atoms with E-state index in [2.05, 4.69) is 5.32 Å². The summed E-state index contributed by atoms with van der Waals surface area (Å²) in [5.74, 6) is 0. The molecule has 1 aliphatic carbocycles. The number of benzene rings is 1. The van der Waals surface area contributed by atoms with Crippen LogP contribution < -0.4 is 5.32 Å². The summed E-state index contributed by atoms with van der Waals surface area (Å²) in [5.41, 5.74) is 2.61. The largest absolute Gasteiger partial charge is 0.310 e. The molecule has 0 atom stereocenters. The van der Waals surface area contributed by atoms with E-state index < -0.39 is 9.84 Å². The summed E-state index contributed by atoms with van der Waals surface area (Å²) < 4.78 is 24.1. The van der Waals surface area contributed by atoms with Crippen LogP contribution in [0.2, 0.25) is 0 Å². The van der Waals surface area contributed by atoms with Crippen LogP contribution in [0, 0.1) is 6.92 Å². The standard InChI is InChI=1S/C13H15NO2S/c1-9-3-2-4-12-10(7-14-11-5-6-11)8-17(15,16)13(9)12/h2-4,8,11,14H,5-7H2,1H3. The Morgan fingerprint density at radius 1 is 1.35 bits per heavy atom. The number of sulfone groups is 1. The molecule has 1 heterocycles. The number of rotatable bonds is 3. The summed E-state index contributed by atoms with van der Waals surface area (Å²) in [6.45, 7) is 2.50. The van der Waals surface area contributed by atoms with Crippen molar-refractivity contribution in [1.82, 2.24) is 5.32 Å². The molecule has 1 aromatic carbocycles. The van der Waals surface area contributed by atoms with E-state index in [0.717, 1.165) is 16.7 Å². The second kappa shape index (κ2) is 3.68. The van der Waals surface area contributed by atoms with Crippen LogP contribution in [-0.4, -0.2) is 21.0 Å². The molecule has 0 spiro atoms. The van der Waals surface area contributed by atoms with Crippen LogP contribution in [0.15, 0.2) is 28.5 Å². The maximum Gasteiger partial charge on any atom is 0.201 e. The fourth-order valence-corrected chi connectivity index (χ4v) is 4.00. The molecule has 1 fully saturated rings. The van der Waals surface area contributed by atoms with Gasteiger partial charge in [-0.25, -0.2) is 8.42 Å². The summed E-state index contributed by atoms with van der Waals surface area (Å²) in [6, 6.07) is 6.25. The van der Waals surface area contributed by atoms with Gasteiger partial charge in [-0.05, 0) is 36.5 Å². The monoisotopic (exact) mass is 249 g/mol. The van der Waals surface area contributed by atoms with E-state index in [9.17, 15) is 8.42 Å². The summed E-state index contributed by atoms with van der Waals surface area (Å²) in [5, 5.41) is 4.78. The van der Waals surface area contributed by atoms with Crippen LogP contribution in [0.5, 0.6) is 0 Å². The van der Waals surface area contributed by atoms with E-state index in [4.69, 9.17) is 0 Å². The molecular formula is C13H15NO2S. The van der Waals surface area contributed by atoms with Gasteiger partial charge in [0.15, 0.2) is 0 Å². The molecular weight excluding hydrogens is 234 g/mol. The van der Waals surface area contributed by atoms with Crippen molar-refractivity contribution in [2.75, 3.05) is 6.54 Å². The van der Waals surface area contributed by atoms with Crippen molar-refractivity contribution in [3.8, 4) is 0 Å². The van der Waals surface area contributed by atoms with Gasteiger partial charge in [0, 0.05) is 18.0 Å². The fraction of sp³-hybridized carbons (Fsp3) is 0.385. The highest BCUT2D eigenvalue weighted by Crippen LogP contribution is 2.35. The quantitative estimate of drug-likeness (QED) is 0.889. The Morgan fingerprint density at radius 3 is 2.82 bits per heavy atom. The molecule has 1 N–H and O–H groups in total. The molecule has 1 aliphatic heterocycles. The van der Waals surface area contributed by atoms with Crippen LogP contribution >= 0.6 is 0 Å². The third-order valence-electron chi connectivity index (χ3n) is 3.30. The van der Waals surface area contributed by atoms with Gasteiger partial charge < -0.3 is 5.32 Å². The van der Waals surface area contributed by atoms with E-state index in [0.29, 0.717) is 17.5 Å². The highest BCUT2D eigenvalue weighted by Gasteiger charge is 2.29. The van der Waals surface area contributed by atoms with Gasteiger partial charge >= 0.3 is 0 Å². The molecule has 0 radical (unpaired) electrons. The normalized spacial score (nSPS) is 21.1. The van der Waals surface area contributed by atoms with Crippen LogP contribution in [0.3, 0.4) is 0 Å². The zero-order valence-corrected chi connectivity index (χ0v) is 10.5. The van der Waals surface area contributed by atoms with Gasteiger partial charge in [-0.15, -0.1) is 0 Å². The second-order valence-electron chi connectivity index (χ2n) is 4.79. The Hall–Kier alpha value is -1.13. The SMILES string of the molecule is Cc1cccc2c1S(=O)(=O)C=C2CNC1CC1. The summed E-state index contributed by atoms with van der Waals surface area (Å²) in [7, 11) is -3.21. The van der Waals surface area contributed by atoms with Gasteiger partial charge in [-0.3, -0.25) is 0 Å². The minimum absolute atomic E-state index is 0.493. The molecule has 0 bridgehead atoms. The number of hydrogen-bond donors (Lipinski definition) is 1. The number of aryl methyl sites for hydroxylation is 1. The Kier molecular flexibility index (Phi) is 2.38. The molecule has 0 amide bonds. The zero-order chi connectivity index (χ0) is 12.0. The zero-order valence-electron chi connectivity index (χ0n) is 9.73. The van der Waals surface area contributed by atoms with Crippen LogP contribution in [0.1, 0.15) is 24.0 Å². The smallest absolute Gasteiger partial charge is 0.201 e. The maximum absolute atomic E-state index is 12.0. The van der Waals surface area contributed by atoms with E-state index in [1.165, 1.54) is 18.2 Å². The van der Waals surface area contributed by atoms with E-state index in [-0.39, 0.29) is 0 Å². The Bertz CT molecular complexity index is 598. The Balaban J connectivity index is 1.99. The van der Waals surface area contributed by atoms with Gasteiger partial charge in [-0.2, -0.15) is 0 Å². The maximum atomic E-state index is 12.0. The second-order valence-corrected chi connectivity index (χ2v) is 6.53. The predicted molar refractivity (Wildman–Crippen MR) is 67.4 cm³/mol. The van der Waals surface area contributed by atoms with Crippen molar-refractivity contribution in [2.24, 2.45) is 0 Å². The Morgan fingerprint density at radius 2 is 2.12 bits per heavy atom. The molecule has 0 unspecified atom stereocenters. The number of hydrogen-bond acceptors (Lipinski definition) is 3. The molecule has 1 saturated carbocycles. The summed E-state index contributed by atoms with van der Waals surface area (Å²) in [4.78, 5) is 0.493. The lowest BCUT2D eigenvalue weighted by atomic mass is 10.1. The number of fused-ring (bicyclic) bond motifs is 1. The van der Waals surface area contributed by atoms with Gasteiger partial charge in [0.05, 0.1) is 4.90 Å². The first-order chi connectivity index (χ1) is 8.08. The van der Waals surface area contributed by atoms with E-state index in [1.807, 2.05) is 25.1 Å². The van der Waals surface area contributed by atoms with Crippen molar-refractivity contribution >= 4 is 15.4 Å². The average Bonchev–Trinajstić information content (AvgIpc) is 3.03. The first-order valence-corrected chi connectivity index (χ1v) is 7.41. The topological polar surface area (TPSA) is 46.2 Å². The first kappa shape index (κ1) is 11.0. The molecule has 17 heavy (non-hydrogen) atoms. The van der Waals surface area contributed by atoms with Crippen molar-refractivity contribution in [1.29, 1.82) is 0 Å². The minimum atomic E-state index is -3.21. The average molecular weight is 249 g/mol. The lowest BCUT2D eigenvalue weighted by Gasteiger charge is -2.07. The predicted octanol–water partition coefficient (Wildman–Crippen LogP) is 1.88. The highest BCUT2D eigenvalue weighted by molar-refractivity contribution is 7.95. The number of nitrogens with one attached hydrogen (secondary N) is 1. The third kappa shape index (κ3) is 1.91. The molecule has 1 aromatic rings. The fourth-order valence-electron chi connectivity index (χ4n) is 2.27. The van der Waals surface area contributed by atoms with Crippen molar-refractivity contribution in [3.05, 3.63) is 34.7 Å².